The molecule has 5 heteroatoms. The van der Waals surface area contributed by atoms with Crippen molar-refractivity contribution in [1.29, 1.82) is 0 Å². The number of amides is 1. The minimum absolute atomic E-state index is 0.0511. The monoisotopic (exact) mass is 350 g/mol. The van der Waals surface area contributed by atoms with E-state index in [1.165, 1.54) is 10.6 Å². The van der Waals surface area contributed by atoms with Gasteiger partial charge in [0.05, 0.1) is 18.2 Å². The second-order valence-corrected chi connectivity index (χ2v) is 6.36. The van der Waals surface area contributed by atoms with E-state index < -0.39 is 5.97 Å². The average Bonchev–Trinajstić information content (AvgIpc) is 3.12. The highest BCUT2D eigenvalue weighted by Crippen LogP contribution is 2.33. The van der Waals surface area contributed by atoms with Crippen LogP contribution < -0.4 is 0 Å². The van der Waals surface area contributed by atoms with Gasteiger partial charge in [0.15, 0.2) is 0 Å². The van der Waals surface area contributed by atoms with Crippen LogP contribution >= 0.6 is 0 Å². The molecule has 1 aliphatic rings. The molecule has 1 unspecified atom stereocenters. The van der Waals surface area contributed by atoms with Crippen LogP contribution in [0, 0.1) is 0 Å². The second-order valence-electron chi connectivity index (χ2n) is 6.36. The maximum atomic E-state index is 12.6. The van der Waals surface area contributed by atoms with Crippen LogP contribution in [-0.4, -0.2) is 27.7 Å². The summed E-state index contributed by atoms with van der Waals surface area (Å²) in [5.74, 6) is -1.24. The number of hydrogen-bond donors (Lipinski definition) is 1. The van der Waals surface area contributed by atoms with Crippen molar-refractivity contribution in [3.63, 3.8) is 0 Å². The topological polar surface area (TPSA) is 70.0 Å². The third-order valence-corrected chi connectivity index (χ3v) is 4.60. The Balaban J connectivity index is 1.88. The molecular weight excluding hydrogens is 328 g/mol. The first-order valence-corrected chi connectivity index (χ1v) is 8.84. The highest BCUT2D eigenvalue weighted by Gasteiger charge is 2.32. The molecule has 1 N–H and O–H groups in total. The van der Waals surface area contributed by atoms with E-state index in [0.29, 0.717) is 6.42 Å². The fourth-order valence-corrected chi connectivity index (χ4v) is 3.11. The van der Waals surface area contributed by atoms with Crippen molar-refractivity contribution in [3.8, 4) is 0 Å². The SMILES string of the molecule is CCc1ccc(C2CC(c3ccccc3)=NN2C(=O)CCC(=O)O)cc1. The van der Waals surface area contributed by atoms with Crippen LogP contribution in [0.15, 0.2) is 59.7 Å². The molecule has 0 aliphatic carbocycles. The molecule has 0 radical (unpaired) electrons. The lowest BCUT2D eigenvalue weighted by molar-refractivity contribution is -0.141. The number of carboxylic acids is 1. The number of carbonyl (C=O) groups is 2. The predicted molar refractivity (Wildman–Crippen MR) is 99.9 cm³/mol. The standard InChI is InChI=1S/C21H22N2O3/c1-2-15-8-10-17(11-9-15)19-14-18(16-6-4-3-5-7-16)22-23(19)20(24)12-13-21(25)26/h3-11,19H,2,12-14H2,1H3,(H,25,26). The number of aryl methyl sites for hydroxylation is 1. The van der Waals surface area contributed by atoms with Crippen molar-refractivity contribution in [1.82, 2.24) is 5.01 Å². The fraction of sp³-hybridized carbons (Fsp3) is 0.286. The van der Waals surface area contributed by atoms with Crippen LogP contribution in [0.3, 0.4) is 0 Å². The van der Waals surface area contributed by atoms with Gasteiger partial charge in [-0.15, -0.1) is 0 Å². The van der Waals surface area contributed by atoms with Crippen molar-refractivity contribution >= 4 is 17.6 Å². The van der Waals surface area contributed by atoms with Crippen LogP contribution in [0.5, 0.6) is 0 Å². The zero-order chi connectivity index (χ0) is 18.5. The minimum atomic E-state index is -0.978. The van der Waals surface area contributed by atoms with Crippen molar-refractivity contribution in [2.75, 3.05) is 0 Å². The van der Waals surface area contributed by atoms with Crippen LogP contribution in [0.2, 0.25) is 0 Å². The van der Waals surface area contributed by atoms with Crippen LogP contribution in [0.1, 0.15) is 48.9 Å². The quantitative estimate of drug-likeness (QED) is 0.862. The molecule has 3 rings (SSSR count). The van der Waals surface area contributed by atoms with E-state index in [9.17, 15) is 9.59 Å². The summed E-state index contributed by atoms with van der Waals surface area (Å²) in [4.78, 5) is 23.4. The number of carboxylic acid groups (broad SMARTS) is 1. The lowest BCUT2D eigenvalue weighted by Crippen LogP contribution is -2.27. The van der Waals surface area contributed by atoms with Crippen LogP contribution in [0.4, 0.5) is 0 Å². The number of carbonyl (C=O) groups excluding carboxylic acids is 1. The van der Waals surface area contributed by atoms with Crippen molar-refractivity contribution in [3.05, 3.63) is 71.3 Å². The number of nitrogens with zero attached hydrogens (tertiary/aromatic N) is 2. The maximum absolute atomic E-state index is 12.6. The number of hydrogen-bond acceptors (Lipinski definition) is 3. The van der Waals surface area contributed by atoms with Gasteiger partial charge in [-0.1, -0.05) is 61.5 Å². The Labute approximate surface area is 153 Å². The summed E-state index contributed by atoms with van der Waals surface area (Å²) in [7, 11) is 0. The molecule has 5 nitrogen and oxygen atoms in total. The molecule has 0 bridgehead atoms. The van der Waals surface area contributed by atoms with Gasteiger partial charge >= 0.3 is 5.97 Å². The number of rotatable bonds is 6. The third kappa shape index (κ3) is 3.99. The second kappa shape index (κ2) is 7.95. The molecule has 0 saturated heterocycles. The summed E-state index contributed by atoms with van der Waals surface area (Å²) in [5, 5.41) is 14.9. The van der Waals surface area contributed by atoms with Gasteiger partial charge in [-0.05, 0) is 23.1 Å². The molecular formula is C21H22N2O3. The van der Waals surface area contributed by atoms with E-state index in [4.69, 9.17) is 5.11 Å². The smallest absolute Gasteiger partial charge is 0.303 e. The Morgan fingerprint density at radius 2 is 1.77 bits per heavy atom. The zero-order valence-corrected chi connectivity index (χ0v) is 14.8. The van der Waals surface area contributed by atoms with E-state index in [0.717, 1.165) is 23.3 Å². The summed E-state index contributed by atoms with van der Waals surface area (Å²) in [6, 6.07) is 17.8. The zero-order valence-electron chi connectivity index (χ0n) is 14.8. The first kappa shape index (κ1) is 17.9. The van der Waals surface area contributed by atoms with Gasteiger partial charge in [-0.25, -0.2) is 5.01 Å². The molecule has 0 spiro atoms. The van der Waals surface area contributed by atoms with Gasteiger partial charge in [0.2, 0.25) is 5.91 Å². The summed E-state index contributed by atoms with van der Waals surface area (Å²) in [6.45, 7) is 2.10. The molecule has 1 aliphatic heterocycles. The Morgan fingerprint density at radius 1 is 1.08 bits per heavy atom. The summed E-state index contributed by atoms with van der Waals surface area (Å²) in [6.07, 6.45) is 1.34. The van der Waals surface area contributed by atoms with Crippen molar-refractivity contribution in [2.24, 2.45) is 5.10 Å². The number of hydrazone groups is 1. The number of aliphatic carboxylic acids is 1. The van der Waals surface area contributed by atoms with E-state index in [1.807, 2.05) is 42.5 Å². The van der Waals surface area contributed by atoms with E-state index >= 15 is 0 Å². The summed E-state index contributed by atoms with van der Waals surface area (Å²) in [5.41, 5.74) is 4.08. The molecule has 2 aromatic carbocycles. The largest absolute Gasteiger partial charge is 0.481 e. The maximum Gasteiger partial charge on any atom is 0.303 e. The highest BCUT2D eigenvalue weighted by atomic mass is 16.4. The van der Waals surface area contributed by atoms with Gasteiger partial charge < -0.3 is 5.11 Å². The molecule has 0 aromatic heterocycles. The van der Waals surface area contributed by atoms with E-state index in [-0.39, 0.29) is 24.8 Å². The molecule has 1 heterocycles. The summed E-state index contributed by atoms with van der Waals surface area (Å²) < 4.78 is 0. The van der Waals surface area contributed by atoms with Crippen molar-refractivity contribution in [2.45, 2.75) is 38.6 Å². The van der Waals surface area contributed by atoms with Gasteiger partial charge in [0, 0.05) is 12.8 Å². The van der Waals surface area contributed by atoms with Crippen molar-refractivity contribution < 1.29 is 14.7 Å². The Morgan fingerprint density at radius 3 is 2.38 bits per heavy atom. The van der Waals surface area contributed by atoms with Crippen LogP contribution in [0.25, 0.3) is 0 Å². The third-order valence-electron chi connectivity index (χ3n) is 4.60. The highest BCUT2D eigenvalue weighted by molar-refractivity contribution is 6.03. The average molecular weight is 350 g/mol. The summed E-state index contributed by atoms with van der Waals surface area (Å²) >= 11 is 0. The molecule has 1 atom stereocenters. The normalized spacial score (nSPS) is 16.4. The van der Waals surface area contributed by atoms with E-state index in [2.05, 4.69) is 24.2 Å². The molecule has 134 valence electrons. The molecule has 26 heavy (non-hydrogen) atoms. The number of benzene rings is 2. The minimum Gasteiger partial charge on any atom is -0.481 e. The molecule has 2 aromatic rings. The molecule has 0 saturated carbocycles. The lowest BCUT2D eigenvalue weighted by atomic mass is 9.97. The van der Waals surface area contributed by atoms with Gasteiger partial charge in [0.1, 0.15) is 0 Å². The Bertz CT molecular complexity index is 813. The lowest BCUT2D eigenvalue weighted by Gasteiger charge is -2.22. The van der Waals surface area contributed by atoms with Gasteiger partial charge in [-0.3, -0.25) is 9.59 Å². The predicted octanol–water partition coefficient (Wildman–Crippen LogP) is 3.79. The molecule has 1 amide bonds. The fourth-order valence-electron chi connectivity index (χ4n) is 3.11. The molecule has 0 fully saturated rings. The Hall–Kier alpha value is -2.95. The van der Waals surface area contributed by atoms with Gasteiger partial charge in [-0.2, -0.15) is 5.10 Å². The first-order valence-electron chi connectivity index (χ1n) is 8.84. The van der Waals surface area contributed by atoms with Crippen LogP contribution in [-0.2, 0) is 16.0 Å². The first-order chi connectivity index (χ1) is 12.6. The van der Waals surface area contributed by atoms with E-state index in [1.54, 1.807) is 0 Å². The Kier molecular flexibility index (Phi) is 5.46. The van der Waals surface area contributed by atoms with Gasteiger partial charge in [0.25, 0.3) is 0 Å².